The first-order valence-electron chi connectivity index (χ1n) is 7.14. The van der Waals surface area contributed by atoms with Crippen molar-refractivity contribution in [3.05, 3.63) is 41.6 Å². The second-order valence-corrected chi connectivity index (χ2v) is 5.42. The molecular formula is C17H17N3O3. The van der Waals surface area contributed by atoms with Gasteiger partial charge in [-0.3, -0.25) is 9.59 Å². The summed E-state index contributed by atoms with van der Waals surface area (Å²) in [4.78, 5) is 23.0. The van der Waals surface area contributed by atoms with Gasteiger partial charge in [0.1, 0.15) is 18.2 Å². The quantitative estimate of drug-likeness (QED) is 0.653. The lowest BCUT2D eigenvalue weighted by Gasteiger charge is -2.06. The number of aromatic nitrogens is 1. The average molecular weight is 311 g/mol. The molecule has 0 radical (unpaired) electrons. The van der Waals surface area contributed by atoms with E-state index in [4.69, 9.17) is 5.11 Å². The van der Waals surface area contributed by atoms with E-state index in [1.165, 1.54) is 6.08 Å². The van der Waals surface area contributed by atoms with Crippen LogP contribution in [0.5, 0.6) is 0 Å². The molecule has 23 heavy (non-hydrogen) atoms. The van der Waals surface area contributed by atoms with E-state index in [0.29, 0.717) is 5.56 Å². The molecule has 0 aliphatic carbocycles. The smallest absolute Gasteiger partial charge is 0.323 e. The fourth-order valence-electron chi connectivity index (χ4n) is 2.31. The average Bonchev–Trinajstić information content (AvgIpc) is 2.81. The van der Waals surface area contributed by atoms with E-state index < -0.39 is 11.9 Å². The maximum atomic E-state index is 12.0. The summed E-state index contributed by atoms with van der Waals surface area (Å²) >= 11 is 0. The molecular weight excluding hydrogens is 294 g/mol. The van der Waals surface area contributed by atoms with Crippen molar-refractivity contribution in [2.24, 2.45) is 0 Å². The molecule has 0 aliphatic rings. The molecule has 1 aromatic heterocycles. The van der Waals surface area contributed by atoms with Gasteiger partial charge in [0.15, 0.2) is 0 Å². The molecule has 0 aliphatic heterocycles. The molecule has 0 atom stereocenters. The molecule has 1 aromatic carbocycles. The lowest BCUT2D eigenvalue weighted by Crippen LogP contribution is -2.30. The second-order valence-electron chi connectivity index (χ2n) is 5.42. The van der Waals surface area contributed by atoms with Gasteiger partial charge in [-0.1, -0.05) is 18.2 Å². The maximum Gasteiger partial charge on any atom is 0.323 e. The minimum Gasteiger partial charge on any atom is -0.480 e. The molecule has 0 saturated carbocycles. The third-order valence-electron chi connectivity index (χ3n) is 3.21. The van der Waals surface area contributed by atoms with Crippen molar-refractivity contribution < 1.29 is 14.7 Å². The molecule has 0 unspecified atom stereocenters. The third-order valence-corrected chi connectivity index (χ3v) is 3.21. The van der Waals surface area contributed by atoms with E-state index in [1.54, 1.807) is 16.8 Å². The Bertz CT molecular complexity index is 825. The number of nitriles is 1. The normalized spacial score (nSPS) is 11.5. The Hall–Kier alpha value is -3.07. The first-order chi connectivity index (χ1) is 10.9. The van der Waals surface area contributed by atoms with Gasteiger partial charge in [0.05, 0.1) is 0 Å². The Morgan fingerprint density at radius 2 is 2.09 bits per heavy atom. The van der Waals surface area contributed by atoms with E-state index in [-0.39, 0.29) is 18.2 Å². The van der Waals surface area contributed by atoms with Crippen molar-refractivity contribution in [2.45, 2.75) is 26.4 Å². The molecule has 2 N–H and O–H groups in total. The summed E-state index contributed by atoms with van der Waals surface area (Å²) in [5.74, 6) is -1.41. The van der Waals surface area contributed by atoms with Gasteiger partial charge in [-0.2, -0.15) is 5.26 Å². The van der Waals surface area contributed by atoms with Crippen LogP contribution in [0.15, 0.2) is 36.0 Å². The van der Waals surface area contributed by atoms with Crippen molar-refractivity contribution in [1.29, 1.82) is 5.26 Å². The van der Waals surface area contributed by atoms with Crippen molar-refractivity contribution in [1.82, 2.24) is 9.88 Å². The summed E-state index contributed by atoms with van der Waals surface area (Å²) < 4.78 is 1.58. The zero-order chi connectivity index (χ0) is 17.0. The molecule has 0 bridgehead atoms. The Kier molecular flexibility index (Phi) is 4.82. The minimum atomic E-state index is -0.959. The SMILES string of the molecule is CC(C)NC(=O)/C(C#N)=C/c1cn(CC(=O)O)c2ccccc12. The molecule has 6 nitrogen and oxygen atoms in total. The highest BCUT2D eigenvalue weighted by molar-refractivity contribution is 6.04. The number of carbonyl (C=O) groups excluding carboxylic acids is 1. The third kappa shape index (κ3) is 3.77. The molecule has 0 fully saturated rings. The van der Waals surface area contributed by atoms with Gasteiger partial charge >= 0.3 is 5.97 Å². The van der Waals surface area contributed by atoms with E-state index in [2.05, 4.69) is 5.32 Å². The fourth-order valence-corrected chi connectivity index (χ4v) is 2.31. The van der Waals surface area contributed by atoms with E-state index in [0.717, 1.165) is 10.9 Å². The highest BCUT2D eigenvalue weighted by Crippen LogP contribution is 2.23. The van der Waals surface area contributed by atoms with Crippen LogP contribution in [0.2, 0.25) is 0 Å². The molecule has 0 spiro atoms. The van der Waals surface area contributed by atoms with Crippen LogP contribution in [0.4, 0.5) is 0 Å². The Balaban J connectivity index is 2.50. The van der Waals surface area contributed by atoms with Crippen LogP contribution in [-0.2, 0) is 16.1 Å². The summed E-state index contributed by atoms with van der Waals surface area (Å²) in [6.07, 6.45) is 3.12. The zero-order valence-electron chi connectivity index (χ0n) is 12.9. The minimum absolute atomic E-state index is 0.0167. The highest BCUT2D eigenvalue weighted by atomic mass is 16.4. The summed E-state index contributed by atoms with van der Waals surface area (Å²) in [6.45, 7) is 3.44. The molecule has 1 heterocycles. The zero-order valence-corrected chi connectivity index (χ0v) is 12.9. The van der Waals surface area contributed by atoms with Gasteiger partial charge in [0.2, 0.25) is 0 Å². The van der Waals surface area contributed by atoms with Crippen molar-refractivity contribution in [3.63, 3.8) is 0 Å². The first kappa shape index (κ1) is 16.3. The Labute approximate surface area is 133 Å². The van der Waals surface area contributed by atoms with Crippen molar-refractivity contribution in [3.8, 4) is 6.07 Å². The lowest BCUT2D eigenvalue weighted by atomic mass is 10.1. The number of carboxylic acids is 1. The van der Waals surface area contributed by atoms with Gasteiger partial charge in [-0.15, -0.1) is 0 Å². The predicted octanol–water partition coefficient (Wildman–Crippen LogP) is 2.16. The number of nitrogens with one attached hydrogen (secondary N) is 1. The van der Waals surface area contributed by atoms with Crippen molar-refractivity contribution >= 4 is 28.9 Å². The van der Waals surface area contributed by atoms with Crippen LogP contribution < -0.4 is 5.32 Å². The number of hydrogen-bond donors (Lipinski definition) is 2. The largest absolute Gasteiger partial charge is 0.480 e. The van der Waals surface area contributed by atoms with Crippen LogP contribution in [-0.4, -0.2) is 27.6 Å². The lowest BCUT2D eigenvalue weighted by molar-refractivity contribution is -0.137. The standard InChI is InChI=1S/C17H17N3O3/c1-11(2)19-17(23)12(8-18)7-13-9-20(10-16(21)22)15-6-4-3-5-14(13)15/h3-7,9,11H,10H2,1-2H3,(H,19,23)(H,21,22)/b12-7+. The van der Waals surface area contributed by atoms with E-state index >= 15 is 0 Å². The number of carboxylic acid groups (broad SMARTS) is 1. The van der Waals surface area contributed by atoms with Crippen LogP contribution in [0.3, 0.4) is 0 Å². The number of benzene rings is 1. The molecule has 118 valence electrons. The summed E-state index contributed by atoms with van der Waals surface area (Å²) in [7, 11) is 0. The van der Waals surface area contributed by atoms with Crippen LogP contribution in [0.1, 0.15) is 19.4 Å². The number of carbonyl (C=O) groups is 2. The molecule has 0 saturated heterocycles. The monoisotopic (exact) mass is 311 g/mol. The molecule has 2 aromatic rings. The number of amides is 1. The fraction of sp³-hybridized carbons (Fsp3) is 0.235. The van der Waals surface area contributed by atoms with Crippen LogP contribution in [0, 0.1) is 11.3 Å². The van der Waals surface area contributed by atoms with E-state index in [1.807, 2.05) is 38.1 Å². The summed E-state index contributed by atoms with van der Waals surface area (Å²) in [5.41, 5.74) is 1.36. The number of aliphatic carboxylic acids is 1. The summed E-state index contributed by atoms with van der Waals surface area (Å²) in [6, 6.07) is 9.08. The molecule has 6 heteroatoms. The summed E-state index contributed by atoms with van der Waals surface area (Å²) in [5, 5.41) is 21.7. The maximum absolute atomic E-state index is 12.0. The number of para-hydroxylation sites is 1. The van der Waals surface area contributed by atoms with Crippen molar-refractivity contribution in [2.75, 3.05) is 0 Å². The topological polar surface area (TPSA) is 95.1 Å². The van der Waals surface area contributed by atoms with Gasteiger partial charge in [-0.05, 0) is 26.0 Å². The highest BCUT2D eigenvalue weighted by Gasteiger charge is 2.13. The Morgan fingerprint density at radius 1 is 1.39 bits per heavy atom. The Morgan fingerprint density at radius 3 is 2.70 bits per heavy atom. The number of hydrogen-bond acceptors (Lipinski definition) is 3. The van der Waals surface area contributed by atoms with Gasteiger partial charge in [-0.25, -0.2) is 0 Å². The molecule has 1 amide bonds. The number of fused-ring (bicyclic) bond motifs is 1. The predicted molar refractivity (Wildman–Crippen MR) is 86.4 cm³/mol. The van der Waals surface area contributed by atoms with Gasteiger partial charge in [0.25, 0.3) is 5.91 Å². The van der Waals surface area contributed by atoms with Crippen LogP contribution >= 0.6 is 0 Å². The van der Waals surface area contributed by atoms with Gasteiger partial charge in [0, 0.05) is 28.7 Å². The number of nitrogens with zero attached hydrogens (tertiary/aromatic N) is 2. The first-order valence-corrected chi connectivity index (χ1v) is 7.14. The molecule has 2 rings (SSSR count). The number of rotatable bonds is 5. The van der Waals surface area contributed by atoms with E-state index in [9.17, 15) is 14.9 Å². The second kappa shape index (κ2) is 6.79. The van der Waals surface area contributed by atoms with Gasteiger partial charge < -0.3 is 15.0 Å². The van der Waals surface area contributed by atoms with Crippen LogP contribution in [0.25, 0.3) is 17.0 Å².